The molecule has 0 fully saturated rings. The minimum absolute atomic E-state index is 0.184. The molecule has 0 spiro atoms. The molecule has 1 N–H and O–H groups in total. The van der Waals surface area contributed by atoms with Gasteiger partial charge in [-0.2, -0.15) is 0 Å². The second kappa shape index (κ2) is 4.72. The van der Waals surface area contributed by atoms with Gasteiger partial charge in [-0.25, -0.2) is 0 Å². The summed E-state index contributed by atoms with van der Waals surface area (Å²) < 4.78 is 0. The van der Waals surface area contributed by atoms with E-state index in [1.54, 1.807) is 6.20 Å². The topological polar surface area (TPSA) is 50.2 Å². The lowest BCUT2D eigenvalue weighted by Gasteiger charge is -2.05. The van der Waals surface area contributed by atoms with Crippen LogP contribution in [0.2, 0.25) is 0 Å². The first-order valence-corrected chi connectivity index (χ1v) is 4.28. The van der Waals surface area contributed by atoms with E-state index in [9.17, 15) is 9.90 Å². The standard InChI is InChI=1S/C10H13NO2/c1-8(12)10(13)6-5-9-4-2-3-7-11-9/h2-4,7,10,13H,5-6H2,1H3. The molecule has 1 rings (SSSR count). The highest BCUT2D eigenvalue weighted by Gasteiger charge is 2.09. The second-order valence-corrected chi connectivity index (χ2v) is 2.99. The van der Waals surface area contributed by atoms with E-state index in [0.29, 0.717) is 12.8 Å². The Hall–Kier alpha value is -1.22. The third-order valence-electron chi connectivity index (χ3n) is 1.87. The molecule has 0 amide bonds. The van der Waals surface area contributed by atoms with Crippen molar-refractivity contribution in [1.29, 1.82) is 0 Å². The zero-order valence-electron chi connectivity index (χ0n) is 7.60. The number of aliphatic hydroxyl groups excluding tert-OH is 1. The number of aromatic nitrogens is 1. The van der Waals surface area contributed by atoms with E-state index in [-0.39, 0.29) is 5.78 Å². The van der Waals surface area contributed by atoms with Crippen molar-refractivity contribution in [1.82, 2.24) is 4.98 Å². The van der Waals surface area contributed by atoms with E-state index in [1.807, 2.05) is 18.2 Å². The highest BCUT2D eigenvalue weighted by atomic mass is 16.3. The summed E-state index contributed by atoms with van der Waals surface area (Å²) in [5, 5.41) is 9.21. The summed E-state index contributed by atoms with van der Waals surface area (Å²) in [5.41, 5.74) is 0.905. The molecule has 1 heterocycles. The molecule has 1 aromatic rings. The molecule has 0 aliphatic rings. The maximum Gasteiger partial charge on any atom is 0.158 e. The third kappa shape index (κ3) is 3.34. The van der Waals surface area contributed by atoms with Gasteiger partial charge in [0.25, 0.3) is 0 Å². The molecule has 0 aliphatic heterocycles. The van der Waals surface area contributed by atoms with E-state index in [4.69, 9.17) is 0 Å². The minimum Gasteiger partial charge on any atom is -0.385 e. The van der Waals surface area contributed by atoms with Crippen LogP contribution in [0.25, 0.3) is 0 Å². The summed E-state index contributed by atoms with van der Waals surface area (Å²) in [5.74, 6) is -0.184. The highest BCUT2D eigenvalue weighted by Crippen LogP contribution is 2.02. The fourth-order valence-electron chi connectivity index (χ4n) is 1.03. The quantitative estimate of drug-likeness (QED) is 0.749. The number of hydrogen-bond donors (Lipinski definition) is 1. The lowest BCUT2D eigenvalue weighted by atomic mass is 10.1. The fraction of sp³-hybridized carbons (Fsp3) is 0.400. The van der Waals surface area contributed by atoms with Gasteiger partial charge in [-0.3, -0.25) is 9.78 Å². The normalized spacial score (nSPS) is 12.5. The van der Waals surface area contributed by atoms with Crippen LogP contribution in [0.1, 0.15) is 19.0 Å². The van der Waals surface area contributed by atoms with E-state index in [1.165, 1.54) is 6.92 Å². The Morgan fingerprint density at radius 2 is 2.38 bits per heavy atom. The first kappa shape index (κ1) is 9.86. The molecular formula is C10H13NO2. The van der Waals surface area contributed by atoms with Gasteiger partial charge in [0.05, 0.1) is 0 Å². The molecule has 0 radical (unpaired) electrons. The maximum atomic E-state index is 10.7. The van der Waals surface area contributed by atoms with Crippen LogP contribution in [-0.2, 0) is 11.2 Å². The molecule has 0 aromatic carbocycles. The molecule has 0 saturated carbocycles. The molecule has 70 valence electrons. The minimum atomic E-state index is -0.845. The number of rotatable bonds is 4. The van der Waals surface area contributed by atoms with Crippen molar-refractivity contribution >= 4 is 5.78 Å². The van der Waals surface area contributed by atoms with Gasteiger partial charge in [0, 0.05) is 11.9 Å². The lowest BCUT2D eigenvalue weighted by molar-refractivity contribution is -0.125. The van der Waals surface area contributed by atoms with Crippen molar-refractivity contribution in [2.45, 2.75) is 25.9 Å². The van der Waals surface area contributed by atoms with Gasteiger partial charge in [0.15, 0.2) is 5.78 Å². The summed E-state index contributed by atoms with van der Waals surface area (Å²) in [7, 11) is 0. The number of carbonyl (C=O) groups is 1. The Morgan fingerprint density at radius 1 is 1.62 bits per heavy atom. The van der Waals surface area contributed by atoms with Gasteiger partial charge < -0.3 is 5.11 Å². The number of nitrogens with zero attached hydrogens (tertiary/aromatic N) is 1. The smallest absolute Gasteiger partial charge is 0.158 e. The van der Waals surface area contributed by atoms with E-state index < -0.39 is 6.10 Å². The van der Waals surface area contributed by atoms with Crippen LogP contribution >= 0.6 is 0 Å². The monoisotopic (exact) mass is 179 g/mol. The maximum absolute atomic E-state index is 10.7. The molecule has 1 aromatic heterocycles. The fourth-order valence-corrected chi connectivity index (χ4v) is 1.03. The predicted molar refractivity (Wildman–Crippen MR) is 49.2 cm³/mol. The third-order valence-corrected chi connectivity index (χ3v) is 1.87. The Kier molecular flexibility index (Phi) is 3.58. The van der Waals surface area contributed by atoms with Gasteiger partial charge in [-0.1, -0.05) is 6.07 Å². The zero-order chi connectivity index (χ0) is 9.68. The van der Waals surface area contributed by atoms with Crippen molar-refractivity contribution in [2.75, 3.05) is 0 Å². The molecule has 13 heavy (non-hydrogen) atoms. The van der Waals surface area contributed by atoms with Gasteiger partial charge in [0.2, 0.25) is 0 Å². The van der Waals surface area contributed by atoms with Crippen molar-refractivity contribution in [3.63, 3.8) is 0 Å². The van der Waals surface area contributed by atoms with Crippen molar-refractivity contribution < 1.29 is 9.90 Å². The molecular weight excluding hydrogens is 166 g/mol. The highest BCUT2D eigenvalue weighted by molar-refractivity contribution is 5.80. The largest absolute Gasteiger partial charge is 0.385 e. The van der Waals surface area contributed by atoms with Gasteiger partial charge in [0.1, 0.15) is 6.10 Å². The Labute approximate surface area is 77.4 Å². The Balaban J connectivity index is 2.39. The van der Waals surface area contributed by atoms with Gasteiger partial charge >= 0.3 is 0 Å². The molecule has 3 nitrogen and oxygen atoms in total. The van der Waals surface area contributed by atoms with Crippen LogP contribution in [0.5, 0.6) is 0 Å². The molecule has 1 unspecified atom stereocenters. The molecule has 1 atom stereocenters. The van der Waals surface area contributed by atoms with Crippen molar-refractivity contribution in [2.24, 2.45) is 0 Å². The number of ketones is 1. The number of hydrogen-bond acceptors (Lipinski definition) is 3. The summed E-state index contributed by atoms with van der Waals surface area (Å²) >= 11 is 0. The first-order chi connectivity index (χ1) is 6.20. The van der Waals surface area contributed by atoms with Crippen LogP contribution in [0, 0.1) is 0 Å². The summed E-state index contributed by atoms with van der Waals surface area (Å²) in [4.78, 5) is 14.8. The summed E-state index contributed by atoms with van der Waals surface area (Å²) in [6.45, 7) is 1.39. The van der Waals surface area contributed by atoms with E-state index in [0.717, 1.165) is 5.69 Å². The molecule has 0 bridgehead atoms. The van der Waals surface area contributed by atoms with Crippen LogP contribution in [0.4, 0.5) is 0 Å². The number of aryl methyl sites for hydroxylation is 1. The van der Waals surface area contributed by atoms with Gasteiger partial charge in [-0.15, -0.1) is 0 Å². The summed E-state index contributed by atoms with van der Waals surface area (Å²) in [6, 6.07) is 5.61. The molecule has 0 aliphatic carbocycles. The second-order valence-electron chi connectivity index (χ2n) is 2.99. The van der Waals surface area contributed by atoms with Crippen molar-refractivity contribution in [3.8, 4) is 0 Å². The number of pyridine rings is 1. The lowest BCUT2D eigenvalue weighted by Crippen LogP contribution is -2.17. The van der Waals surface area contributed by atoms with E-state index >= 15 is 0 Å². The summed E-state index contributed by atoms with van der Waals surface area (Å²) in [6.07, 6.45) is 1.95. The Morgan fingerprint density at radius 3 is 2.92 bits per heavy atom. The van der Waals surface area contributed by atoms with Crippen molar-refractivity contribution in [3.05, 3.63) is 30.1 Å². The van der Waals surface area contributed by atoms with Crippen LogP contribution in [-0.4, -0.2) is 22.0 Å². The number of aliphatic hydroxyl groups is 1. The average Bonchev–Trinajstić information content (AvgIpc) is 2.15. The Bertz CT molecular complexity index is 272. The first-order valence-electron chi connectivity index (χ1n) is 4.28. The van der Waals surface area contributed by atoms with Gasteiger partial charge in [-0.05, 0) is 31.9 Å². The molecule has 3 heteroatoms. The number of carbonyl (C=O) groups excluding carboxylic acids is 1. The zero-order valence-corrected chi connectivity index (χ0v) is 7.60. The van der Waals surface area contributed by atoms with E-state index in [2.05, 4.69) is 4.98 Å². The van der Waals surface area contributed by atoms with Crippen LogP contribution < -0.4 is 0 Å². The van der Waals surface area contributed by atoms with Crippen LogP contribution in [0.15, 0.2) is 24.4 Å². The molecule has 0 saturated heterocycles. The predicted octanol–water partition coefficient (Wildman–Crippen LogP) is 0.964. The average molecular weight is 179 g/mol. The SMILES string of the molecule is CC(=O)C(O)CCc1ccccn1. The van der Waals surface area contributed by atoms with Crippen LogP contribution in [0.3, 0.4) is 0 Å². The number of Topliss-reactive ketones (excluding diaryl/α,β-unsaturated/α-hetero) is 1.